The minimum atomic E-state index is -0.909. The van der Waals surface area contributed by atoms with Crippen LogP contribution in [0.1, 0.15) is 42.4 Å². The van der Waals surface area contributed by atoms with Crippen LogP contribution in [0.2, 0.25) is 0 Å². The van der Waals surface area contributed by atoms with Crippen molar-refractivity contribution in [3.05, 3.63) is 155 Å². The normalized spacial score (nSPS) is 22.2. The number of β-lactam (4-membered cyclic amide) rings is 1. The Morgan fingerprint density at radius 2 is 1.29 bits per heavy atom. The number of carbonyl (C=O) groups excluding carboxylic acids is 1. The highest BCUT2D eigenvalue weighted by atomic mass is 16.7. The minimum absolute atomic E-state index is 0.108. The molecule has 4 atom stereocenters. The number of hydrogen-bond acceptors (Lipinski definition) is 5. The van der Waals surface area contributed by atoms with Crippen molar-refractivity contribution in [2.45, 2.75) is 44.2 Å². The van der Waals surface area contributed by atoms with Gasteiger partial charge in [0.05, 0.1) is 18.8 Å². The van der Waals surface area contributed by atoms with Crippen molar-refractivity contribution in [2.24, 2.45) is 0 Å². The van der Waals surface area contributed by atoms with E-state index in [1.807, 2.05) is 98.8 Å². The molecular weight excluding hydrogens is 526 g/mol. The highest BCUT2D eigenvalue weighted by molar-refractivity contribution is 6.01. The molecule has 0 spiro atoms. The maximum atomic E-state index is 12.2. The number of hydrogen-bond donors (Lipinski definition) is 1. The predicted octanol–water partition coefficient (Wildman–Crippen LogP) is 6.29. The van der Waals surface area contributed by atoms with E-state index in [4.69, 9.17) is 18.9 Å². The summed E-state index contributed by atoms with van der Waals surface area (Å²) in [5, 5.41) is 2.86. The molecule has 214 valence electrons. The van der Waals surface area contributed by atoms with Crippen LogP contribution in [0.5, 0.6) is 0 Å². The number of ether oxygens (including phenoxy) is 4. The molecule has 2 heterocycles. The lowest BCUT2D eigenvalue weighted by molar-refractivity contribution is -0.285. The Labute approximate surface area is 246 Å². The molecule has 6 nitrogen and oxygen atoms in total. The van der Waals surface area contributed by atoms with Crippen LogP contribution < -0.4 is 5.32 Å². The van der Waals surface area contributed by atoms with Gasteiger partial charge in [-0.05, 0) is 30.5 Å². The van der Waals surface area contributed by atoms with Crippen LogP contribution in [-0.4, -0.2) is 37.6 Å². The van der Waals surface area contributed by atoms with Gasteiger partial charge in [0, 0.05) is 5.56 Å². The van der Waals surface area contributed by atoms with E-state index in [1.165, 1.54) is 0 Å². The summed E-state index contributed by atoms with van der Waals surface area (Å²) in [6.45, 7) is 4.32. The largest absolute Gasteiger partial charge is 0.358 e. The number of allylic oxidation sites excluding steroid dienone is 1. The van der Waals surface area contributed by atoms with E-state index in [0.29, 0.717) is 5.57 Å². The number of rotatable bonds is 9. The van der Waals surface area contributed by atoms with E-state index in [2.05, 4.69) is 41.7 Å². The predicted molar refractivity (Wildman–Crippen MR) is 160 cm³/mol. The SMILES string of the molecule is CC(C)=C1C(=O)N[C@H]1O[C@H]1COC(c2ccccc2)O[C@@H]1COC(c1ccccc1)(c1ccccc1)c1ccccc1. The molecule has 2 aliphatic rings. The first kappa shape index (κ1) is 28.1. The zero-order chi connectivity index (χ0) is 28.9. The summed E-state index contributed by atoms with van der Waals surface area (Å²) >= 11 is 0. The molecule has 4 aromatic carbocycles. The van der Waals surface area contributed by atoms with Crippen LogP contribution in [0.15, 0.2) is 132 Å². The molecule has 1 N–H and O–H groups in total. The fourth-order valence-corrected chi connectivity index (χ4v) is 5.69. The maximum Gasteiger partial charge on any atom is 0.253 e. The summed E-state index contributed by atoms with van der Waals surface area (Å²) in [5.41, 5.74) is 4.59. The van der Waals surface area contributed by atoms with Gasteiger partial charge in [0.1, 0.15) is 17.8 Å². The second kappa shape index (κ2) is 12.4. The van der Waals surface area contributed by atoms with E-state index in [0.717, 1.165) is 27.8 Å². The van der Waals surface area contributed by atoms with Gasteiger partial charge in [-0.2, -0.15) is 0 Å². The standard InChI is InChI=1S/C36H35NO5/c1-25(2)32-33(38)37-34(32)41-30-23-39-35(26-15-7-3-8-16-26)42-31(30)24-40-36(27-17-9-4-10-18-27,28-19-11-5-12-20-28)29-21-13-6-14-22-29/h3-22,30-31,34-35H,23-24H2,1-2H3,(H,37,38)/t30-,31+,34-,35?/m0/s1. The Balaban J connectivity index is 1.36. The molecule has 2 aliphatic heterocycles. The first-order chi connectivity index (χ1) is 20.6. The first-order valence-electron chi connectivity index (χ1n) is 14.3. The summed E-state index contributed by atoms with van der Waals surface area (Å²) in [7, 11) is 0. The molecule has 0 aliphatic carbocycles. The van der Waals surface area contributed by atoms with Gasteiger partial charge in [0.2, 0.25) is 0 Å². The van der Waals surface area contributed by atoms with E-state index in [-0.39, 0.29) is 19.1 Å². The molecule has 0 radical (unpaired) electrons. The van der Waals surface area contributed by atoms with Crippen LogP contribution >= 0.6 is 0 Å². The van der Waals surface area contributed by atoms with E-state index < -0.39 is 30.3 Å². The van der Waals surface area contributed by atoms with Gasteiger partial charge >= 0.3 is 0 Å². The first-order valence-corrected chi connectivity index (χ1v) is 14.3. The van der Waals surface area contributed by atoms with Crippen LogP contribution in [0.3, 0.4) is 0 Å². The number of benzene rings is 4. The van der Waals surface area contributed by atoms with Crippen molar-refractivity contribution < 1.29 is 23.7 Å². The minimum Gasteiger partial charge on any atom is -0.358 e. The van der Waals surface area contributed by atoms with Crippen molar-refractivity contribution in [3.63, 3.8) is 0 Å². The lowest BCUT2D eigenvalue weighted by atomic mass is 9.80. The lowest BCUT2D eigenvalue weighted by Crippen LogP contribution is -2.58. The fourth-order valence-electron chi connectivity index (χ4n) is 5.69. The Kier molecular flexibility index (Phi) is 8.31. The van der Waals surface area contributed by atoms with Gasteiger partial charge in [-0.1, -0.05) is 127 Å². The topological polar surface area (TPSA) is 66.0 Å². The van der Waals surface area contributed by atoms with Crippen LogP contribution in [0.25, 0.3) is 0 Å². The fraction of sp³-hybridized carbons (Fsp3) is 0.250. The van der Waals surface area contributed by atoms with Crippen LogP contribution in [-0.2, 0) is 29.3 Å². The van der Waals surface area contributed by atoms with E-state index in [1.54, 1.807) is 0 Å². The monoisotopic (exact) mass is 561 g/mol. The van der Waals surface area contributed by atoms with Crippen molar-refractivity contribution in [1.29, 1.82) is 0 Å². The third-order valence-corrected chi connectivity index (χ3v) is 7.82. The van der Waals surface area contributed by atoms with Gasteiger partial charge in [-0.25, -0.2) is 0 Å². The summed E-state index contributed by atoms with van der Waals surface area (Å²) < 4.78 is 26.3. The molecule has 0 aromatic heterocycles. The second-order valence-corrected chi connectivity index (χ2v) is 10.8. The average Bonchev–Trinajstić information content (AvgIpc) is 3.03. The quantitative estimate of drug-likeness (QED) is 0.148. The molecule has 1 amide bonds. The van der Waals surface area contributed by atoms with Gasteiger partial charge in [0.15, 0.2) is 12.5 Å². The van der Waals surface area contributed by atoms with Gasteiger partial charge in [-0.15, -0.1) is 0 Å². The summed E-state index contributed by atoms with van der Waals surface area (Å²) in [6, 6.07) is 40.6. The molecule has 4 aromatic rings. The average molecular weight is 562 g/mol. The Hall–Kier alpha value is -4.07. The highest BCUT2D eigenvalue weighted by Gasteiger charge is 2.44. The number of nitrogens with one attached hydrogen (secondary N) is 1. The van der Waals surface area contributed by atoms with E-state index >= 15 is 0 Å². The van der Waals surface area contributed by atoms with Crippen molar-refractivity contribution in [1.82, 2.24) is 5.32 Å². The maximum absolute atomic E-state index is 12.2. The second-order valence-electron chi connectivity index (χ2n) is 10.8. The molecule has 0 saturated carbocycles. The highest BCUT2D eigenvalue weighted by Crippen LogP contribution is 2.41. The molecule has 6 rings (SSSR count). The lowest BCUT2D eigenvalue weighted by Gasteiger charge is -2.43. The van der Waals surface area contributed by atoms with E-state index in [9.17, 15) is 4.79 Å². The molecule has 2 fully saturated rings. The van der Waals surface area contributed by atoms with Crippen molar-refractivity contribution >= 4 is 5.91 Å². The Morgan fingerprint density at radius 1 is 0.786 bits per heavy atom. The summed E-state index contributed by atoms with van der Waals surface area (Å²) in [4.78, 5) is 12.2. The summed E-state index contributed by atoms with van der Waals surface area (Å²) in [5.74, 6) is -0.108. The van der Waals surface area contributed by atoms with Gasteiger partial charge < -0.3 is 24.3 Å². The van der Waals surface area contributed by atoms with Gasteiger partial charge in [0.25, 0.3) is 5.91 Å². The number of amides is 1. The number of carbonyl (C=O) groups is 1. The smallest absolute Gasteiger partial charge is 0.253 e. The van der Waals surface area contributed by atoms with Crippen LogP contribution in [0.4, 0.5) is 0 Å². The molecule has 6 heteroatoms. The molecule has 42 heavy (non-hydrogen) atoms. The zero-order valence-corrected chi connectivity index (χ0v) is 23.8. The van der Waals surface area contributed by atoms with Crippen molar-refractivity contribution in [3.8, 4) is 0 Å². The van der Waals surface area contributed by atoms with Crippen LogP contribution in [0, 0.1) is 0 Å². The Bertz CT molecular complexity index is 1410. The molecular formula is C36H35NO5. The molecule has 0 bridgehead atoms. The zero-order valence-electron chi connectivity index (χ0n) is 23.8. The summed E-state index contributed by atoms with van der Waals surface area (Å²) in [6.07, 6.45) is -2.06. The Morgan fingerprint density at radius 3 is 1.76 bits per heavy atom. The molecule has 1 unspecified atom stereocenters. The molecule has 2 saturated heterocycles. The third-order valence-electron chi connectivity index (χ3n) is 7.82. The van der Waals surface area contributed by atoms with Gasteiger partial charge in [-0.3, -0.25) is 4.79 Å². The third kappa shape index (κ3) is 5.54. The van der Waals surface area contributed by atoms with Crippen molar-refractivity contribution in [2.75, 3.05) is 13.2 Å².